The van der Waals surface area contributed by atoms with E-state index >= 15 is 0 Å². The topological polar surface area (TPSA) is 67.2 Å². The summed E-state index contributed by atoms with van der Waals surface area (Å²) in [6.07, 6.45) is -0.0226. The van der Waals surface area contributed by atoms with Crippen LogP contribution in [-0.4, -0.2) is 17.6 Å². The predicted octanol–water partition coefficient (Wildman–Crippen LogP) is 0.737. The fraction of sp³-hybridized carbons (Fsp3) is 0.364. The predicted molar refractivity (Wildman–Crippen MR) is 65.4 cm³/mol. The molecule has 1 aliphatic heterocycles. The summed E-state index contributed by atoms with van der Waals surface area (Å²) in [5, 5.41) is 5.82. The molecule has 2 unspecified atom stereocenters. The molecule has 2 atom stereocenters. The third-order valence-electron chi connectivity index (χ3n) is 2.37. The number of amides is 1. The summed E-state index contributed by atoms with van der Waals surface area (Å²) in [4.78, 5) is 11.2. The van der Waals surface area contributed by atoms with Crippen molar-refractivity contribution in [2.24, 2.45) is 5.73 Å². The standard InChI is InChI=1S/C11H14FN3OS/c12-8-3-1-2-7(4-8)6-17-11-14-9(13)5-10(16)15-11/h1-4,9,11,14H,5-6,13H2,(H,15,16). The van der Waals surface area contributed by atoms with Crippen molar-refractivity contribution >= 4 is 17.7 Å². The van der Waals surface area contributed by atoms with Crippen molar-refractivity contribution in [1.82, 2.24) is 10.6 Å². The van der Waals surface area contributed by atoms with Gasteiger partial charge in [0, 0.05) is 5.75 Å². The van der Waals surface area contributed by atoms with E-state index < -0.39 is 0 Å². The molecule has 6 heteroatoms. The summed E-state index contributed by atoms with van der Waals surface area (Å²) >= 11 is 1.48. The molecule has 1 heterocycles. The second-order valence-electron chi connectivity index (χ2n) is 3.87. The molecule has 0 bridgehead atoms. The van der Waals surface area contributed by atoms with Gasteiger partial charge in [0.1, 0.15) is 11.3 Å². The number of halogens is 1. The molecule has 1 amide bonds. The van der Waals surface area contributed by atoms with E-state index in [9.17, 15) is 9.18 Å². The van der Waals surface area contributed by atoms with Gasteiger partial charge in [-0.15, -0.1) is 11.8 Å². The van der Waals surface area contributed by atoms with Crippen LogP contribution >= 0.6 is 11.8 Å². The molecule has 1 aromatic rings. The molecule has 92 valence electrons. The average Bonchev–Trinajstić information content (AvgIpc) is 2.25. The quantitative estimate of drug-likeness (QED) is 0.745. The maximum Gasteiger partial charge on any atom is 0.224 e. The monoisotopic (exact) mass is 255 g/mol. The first kappa shape index (κ1) is 12.3. The van der Waals surface area contributed by atoms with E-state index in [1.807, 2.05) is 6.07 Å². The molecule has 0 aromatic heterocycles. The molecule has 0 spiro atoms. The number of nitrogens with one attached hydrogen (secondary N) is 2. The molecule has 4 N–H and O–H groups in total. The Hall–Kier alpha value is -1.11. The van der Waals surface area contributed by atoms with Crippen LogP contribution in [0.15, 0.2) is 24.3 Å². The van der Waals surface area contributed by atoms with Crippen LogP contribution in [-0.2, 0) is 10.5 Å². The van der Waals surface area contributed by atoms with Crippen LogP contribution in [0.25, 0.3) is 0 Å². The summed E-state index contributed by atoms with van der Waals surface area (Å²) < 4.78 is 12.9. The third-order valence-corrected chi connectivity index (χ3v) is 3.46. The molecular weight excluding hydrogens is 241 g/mol. The Balaban J connectivity index is 1.87. The van der Waals surface area contributed by atoms with Gasteiger partial charge >= 0.3 is 0 Å². The minimum absolute atomic E-state index is 0.0620. The summed E-state index contributed by atoms with van der Waals surface area (Å²) in [5.41, 5.74) is 6.33. The van der Waals surface area contributed by atoms with Gasteiger partial charge in [0.05, 0.1) is 12.6 Å². The fourth-order valence-corrected chi connectivity index (χ4v) is 2.62. The number of benzene rings is 1. The van der Waals surface area contributed by atoms with Crippen LogP contribution in [0, 0.1) is 5.82 Å². The Morgan fingerprint density at radius 1 is 1.53 bits per heavy atom. The summed E-state index contributed by atoms with van der Waals surface area (Å²) in [7, 11) is 0. The van der Waals surface area contributed by atoms with Gasteiger partial charge in [-0.25, -0.2) is 4.39 Å². The summed E-state index contributed by atoms with van der Waals surface area (Å²) in [6, 6.07) is 6.41. The van der Waals surface area contributed by atoms with Gasteiger partial charge in [-0.3, -0.25) is 10.1 Å². The van der Waals surface area contributed by atoms with Crippen molar-refractivity contribution in [2.45, 2.75) is 23.8 Å². The maximum atomic E-state index is 12.9. The Morgan fingerprint density at radius 2 is 2.35 bits per heavy atom. The molecule has 17 heavy (non-hydrogen) atoms. The summed E-state index contributed by atoms with van der Waals surface area (Å²) in [6.45, 7) is 0. The third kappa shape index (κ3) is 3.69. The highest BCUT2D eigenvalue weighted by molar-refractivity contribution is 7.99. The Labute approximate surface area is 103 Å². The molecule has 0 saturated carbocycles. The normalized spacial score (nSPS) is 24.5. The lowest BCUT2D eigenvalue weighted by Gasteiger charge is -2.28. The van der Waals surface area contributed by atoms with Crippen LogP contribution in [0.1, 0.15) is 12.0 Å². The molecule has 1 aromatic carbocycles. The van der Waals surface area contributed by atoms with Crippen LogP contribution in [0.2, 0.25) is 0 Å². The van der Waals surface area contributed by atoms with Crippen molar-refractivity contribution in [3.05, 3.63) is 35.6 Å². The van der Waals surface area contributed by atoms with Gasteiger partial charge in [-0.2, -0.15) is 0 Å². The first-order valence-corrected chi connectivity index (χ1v) is 6.35. The zero-order valence-electron chi connectivity index (χ0n) is 9.15. The van der Waals surface area contributed by atoms with Crippen LogP contribution < -0.4 is 16.4 Å². The lowest BCUT2D eigenvalue weighted by molar-refractivity contribution is -0.123. The minimum Gasteiger partial charge on any atom is -0.332 e. The minimum atomic E-state index is -0.311. The second-order valence-corrected chi connectivity index (χ2v) is 4.96. The first-order valence-electron chi connectivity index (χ1n) is 5.30. The number of carbonyl (C=O) groups excluding carboxylic acids is 1. The van der Waals surface area contributed by atoms with Crippen LogP contribution in [0.4, 0.5) is 4.39 Å². The van der Waals surface area contributed by atoms with Gasteiger partial charge in [-0.05, 0) is 17.7 Å². The van der Waals surface area contributed by atoms with E-state index in [2.05, 4.69) is 10.6 Å². The lowest BCUT2D eigenvalue weighted by Crippen LogP contribution is -2.57. The van der Waals surface area contributed by atoms with E-state index in [1.54, 1.807) is 6.07 Å². The number of carbonyl (C=O) groups is 1. The Morgan fingerprint density at radius 3 is 3.06 bits per heavy atom. The van der Waals surface area contributed by atoms with E-state index in [-0.39, 0.29) is 29.8 Å². The number of rotatable bonds is 3. The van der Waals surface area contributed by atoms with Crippen molar-refractivity contribution < 1.29 is 9.18 Å². The highest BCUT2D eigenvalue weighted by atomic mass is 32.2. The highest BCUT2D eigenvalue weighted by Crippen LogP contribution is 2.17. The van der Waals surface area contributed by atoms with E-state index in [0.717, 1.165) is 5.56 Å². The molecule has 0 aliphatic carbocycles. The zero-order chi connectivity index (χ0) is 12.3. The molecular formula is C11H14FN3OS. The molecule has 4 nitrogen and oxygen atoms in total. The van der Waals surface area contributed by atoms with Crippen LogP contribution in [0.3, 0.4) is 0 Å². The smallest absolute Gasteiger partial charge is 0.224 e. The van der Waals surface area contributed by atoms with Crippen LogP contribution in [0.5, 0.6) is 0 Å². The fourth-order valence-electron chi connectivity index (χ4n) is 1.60. The molecule has 0 radical (unpaired) electrons. The van der Waals surface area contributed by atoms with Gasteiger partial charge in [0.2, 0.25) is 5.91 Å². The number of hydrogen-bond donors (Lipinski definition) is 3. The molecule has 2 rings (SSSR count). The molecule has 1 aliphatic rings. The Bertz CT molecular complexity index is 415. The number of thioether (sulfide) groups is 1. The van der Waals surface area contributed by atoms with E-state index in [1.165, 1.54) is 23.9 Å². The zero-order valence-corrected chi connectivity index (χ0v) is 9.97. The van der Waals surface area contributed by atoms with Gasteiger partial charge < -0.3 is 11.1 Å². The maximum absolute atomic E-state index is 12.9. The largest absolute Gasteiger partial charge is 0.332 e. The molecule has 1 saturated heterocycles. The van der Waals surface area contributed by atoms with Crippen molar-refractivity contribution in [3.8, 4) is 0 Å². The first-order chi connectivity index (χ1) is 8.13. The van der Waals surface area contributed by atoms with Crippen molar-refractivity contribution in [1.29, 1.82) is 0 Å². The van der Waals surface area contributed by atoms with Gasteiger partial charge in [-0.1, -0.05) is 12.1 Å². The van der Waals surface area contributed by atoms with E-state index in [4.69, 9.17) is 5.73 Å². The van der Waals surface area contributed by atoms with Gasteiger partial charge in [0.25, 0.3) is 0 Å². The van der Waals surface area contributed by atoms with E-state index in [0.29, 0.717) is 5.75 Å². The highest BCUT2D eigenvalue weighted by Gasteiger charge is 2.22. The average molecular weight is 255 g/mol. The lowest BCUT2D eigenvalue weighted by atomic mass is 10.2. The Kier molecular flexibility index (Phi) is 3.98. The second kappa shape index (κ2) is 5.48. The number of hydrogen-bond acceptors (Lipinski definition) is 4. The van der Waals surface area contributed by atoms with Crippen molar-refractivity contribution in [2.75, 3.05) is 0 Å². The van der Waals surface area contributed by atoms with Crippen molar-refractivity contribution in [3.63, 3.8) is 0 Å². The molecule has 1 fully saturated rings. The van der Waals surface area contributed by atoms with Gasteiger partial charge in [0.15, 0.2) is 0 Å². The SMILES string of the molecule is NC1CC(=O)NC(SCc2cccc(F)c2)N1. The summed E-state index contributed by atoms with van der Waals surface area (Å²) in [5.74, 6) is 0.302. The number of nitrogens with two attached hydrogens (primary N) is 1.